The van der Waals surface area contributed by atoms with E-state index in [1.54, 1.807) is 0 Å². The molecule has 0 atom stereocenters. The predicted molar refractivity (Wildman–Crippen MR) is 80.4 cm³/mol. The molecule has 0 aliphatic rings. The highest BCUT2D eigenvalue weighted by atomic mass is 28.4. The summed E-state index contributed by atoms with van der Waals surface area (Å²) in [4.78, 5) is 10.9. The lowest BCUT2D eigenvalue weighted by atomic mass is 10.4. The molecule has 0 saturated heterocycles. The Bertz CT molecular complexity index is 275. The van der Waals surface area contributed by atoms with Crippen molar-refractivity contribution >= 4 is 14.8 Å². The summed E-state index contributed by atoms with van der Waals surface area (Å²) in [5.41, 5.74) is 0. The third-order valence-corrected chi connectivity index (χ3v) is 5.69. The van der Waals surface area contributed by atoms with Crippen LogP contribution in [0.3, 0.4) is 0 Å². The fraction of sp³-hybridized carbons (Fsp3) is 0.786. The first-order chi connectivity index (χ1) is 9.49. The number of esters is 1. The number of carbonyl (C=O) groups is 1. The molecule has 0 spiro atoms. The Morgan fingerprint density at radius 1 is 1.20 bits per heavy atom. The van der Waals surface area contributed by atoms with Crippen molar-refractivity contribution in [1.82, 2.24) is 0 Å². The van der Waals surface area contributed by atoms with Crippen LogP contribution in [0.5, 0.6) is 0 Å². The van der Waals surface area contributed by atoms with Crippen LogP contribution in [0.1, 0.15) is 40.5 Å². The molecule has 0 aromatic carbocycles. The molecule has 0 N–H and O–H groups in total. The largest absolute Gasteiger partial charge is 0.501 e. The van der Waals surface area contributed by atoms with Crippen LogP contribution in [0.25, 0.3) is 0 Å². The van der Waals surface area contributed by atoms with E-state index in [4.69, 9.17) is 18.0 Å². The average molecular weight is 304 g/mol. The van der Waals surface area contributed by atoms with Gasteiger partial charge in [0.2, 0.25) is 0 Å². The van der Waals surface area contributed by atoms with E-state index in [0.717, 1.165) is 18.9 Å². The SMILES string of the molecule is C=CC(=O)OCCCC[Si](OCC)(OCC)OC(C)C. The van der Waals surface area contributed by atoms with Crippen molar-refractivity contribution in [2.45, 2.75) is 52.7 Å². The lowest BCUT2D eigenvalue weighted by Crippen LogP contribution is -2.47. The molecule has 0 amide bonds. The maximum atomic E-state index is 10.9. The minimum atomic E-state index is -2.60. The Morgan fingerprint density at radius 3 is 2.25 bits per heavy atom. The number of rotatable bonds is 12. The van der Waals surface area contributed by atoms with Gasteiger partial charge in [0.05, 0.1) is 6.61 Å². The molecule has 118 valence electrons. The Morgan fingerprint density at radius 2 is 1.80 bits per heavy atom. The van der Waals surface area contributed by atoms with Crippen LogP contribution in [0.2, 0.25) is 6.04 Å². The molecule has 20 heavy (non-hydrogen) atoms. The van der Waals surface area contributed by atoms with Crippen LogP contribution < -0.4 is 0 Å². The molecule has 0 aromatic heterocycles. The van der Waals surface area contributed by atoms with Gasteiger partial charge in [0.15, 0.2) is 0 Å². The molecule has 0 fully saturated rings. The van der Waals surface area contributed by atoms with E-state index < -0.39 is 8.80 Å². The third kappa shape index (κ3) is 8.47. The molecular formula is C14H28O5Si. The molecule has 0 unspecified atom stereocenters. The smallest absolute Gasteiger partial charge is 0.463 e. The fourth-order valence-corrected chi connectivity index (χ4v) is 4.69. The zero-order chi connectivity index (χ0) is 15.4. The van der Waals surface area contributed by atoms with Gasteiger partial charge in [-0.05, 0) is 40.5 Å². The van der Waals surface area contributed by atoms with Gasteiger partial charge in [0.25, 0.3) is 0 Å². The topological polar surface area (TPSA) is 54.0 Å². The van der Waals surface area contributed by atoms with Crippen LogP contribution >= 0.6 is 0 Å². The maximum Gasteiger partial charge on any atom is 0.501 e. The molecule has 0 aliphatic heterocycles. The molecule has 0 aromatic rings. The number of hydrogen-bond donors (Lipinski definition) is 0. The van der Waals surface area contributed by atoms with E-state index in [2.05, 4.69) is 6.58 Å². The molecule has 0 rings (SSSR count). The maximum absolute atomic E-state index is 10.9. The Hall–Kier alpha value is -0.693. The van der Waals surface area contributed by atoms with Gasteiger partial charge in [-0.3, -0.25) is 0 Å². The summed E-state index contributed by atoms with van der Waals surface area (Å²) in [5.74, 6) is -0.387. The van der Waals surface area contributed by atoms with Crippen molar-refractivity contribution in [2.24, 2.45) is 0 Å². The third-order valence-electron chi connectivity index (χ3n) is 2.43. The van der Waals surface area contributed by atoms with Gasteiger partial charge >= 0.3 is 14.8 Å². The summed E-state index contributed by atoms with van der Waals surface area (Å²) in [6.07, 6.45) is 2.83. The number of carbonyl (C=O) groups excluding carboxylic acids is 1. The first kappa shape index (κ1) is 19.3. The van der Waals surface area contributed by atoms with Gasteiger partial charge in [-0.2, -0.15) is 0 Å². The van der Waals surface area contributed by atoms with E-state index in [9.17, 15) is 4.79 Å². The second-order valence-corrected chi connectivity index (χ2v) is 7.22. The quantitative estimate of drug-likeness (QED) is 0.240. The van der Waals surface area contributed by atoms with Crippen molar-refractivity contribution < 1.29 is 22.8 Å². The minimum absolute atomic E-state index is 0.0679. The van der Waals surface area contributed by atoms with Crippen molar-refractivity contribution in [3.8, 4) is 0 Å². The van der Waals surface area contributed by atoms with Crippen LogP contribution in [0.15, 0.2) is 12.7 Å². The summed E-state index contributed by atoms with van der Waals surface area (Å²) in [6, 6.07) is 0.735. The van der Waals surface area contributed by atoms with Crippen LogP contribution in [-0.4, -0.2) is 40.7 Å². The lowest BCUT2D eigenvalue weighted by Gasteiger charge is -2.30. The van der Waals surface area contributed by atoms with Gasteiger partial charge in [0, 0.05) is 31.4 Å². The molecule has 5 nitrogen and oxygen atoms in total. The Balaban J connectivity index is 4.25. The van der Waals surface area contributed by atoms with Crippen LogP contribution in [0, 0.1) is 0 Å². The zero-order valence-electron chi connectivity index (χ0n) is 13.1. The average Bonchev–Trinajstić information content (AvgIpc) is 2.37. The minimum Gasteiger partial charge on any atom is -0.463 e. The fourth-order valence-electron chi connectivity index (χ4n) is 1.79. The number of hydrogen-bond acceptors (Lipinski definition) is 5. The standard InChI is InChI=1S/C14H28O5Si/c1-6-14(15)16-11-9-10-12-20(17-7-2,18-8-3)19-13(4)5/h6,13H,1,7-12H2,2-5H3. The first-order valence-electron chi connectivity index (χ1n) is 7.24. The monoisotopic (exact) mass is 304 g/mol. The number of unbranched alkanes of at least 4 members (excludes halogenated alkanes) is 1. The summed E-state index contributed by atoms with van der Waals surface area (Å²) >= 11 is 0. The molecular weight excluding hydrogens is 276 g/mol. The lowest BCUT2D eigenvalue weighted by molar-refractivity contribution is -0.137. The van der Waals surface area contributed by atoms with Crippen LogP contribution in [-0.2, 0) is 22.8 Å². The highest BCUT2D eigenvalue weighted by molar-refractivity contribution is 6.60. The van der Waals surface area contributed by atoms with E-state index >= 15 is 0 Å². The highest BCUT2D eigenvalue weighted by Crippen LogP contribution is 2.21. The Kier molecular flexibility index (Phi) is 10.6. The van der Waals surface area contributed by atoms with Gasteiger partial charge in [0.1, 0.15) is 0 Å². The molecule has 0 saturated carbocycles. The molecule has 0 radical (unpaired) electrons. The zero-order valence-corrected chi connectivity index (χ0v) is 14.1. The van der Waals surface area contributed by atoms with Crippen LogP contribution in [0.4, 0.5) is 0 Å². The van der Waals surface area contributed by atoms with Gasteiger partial charge in [-0.25, -0.2) is 4.79 Å². The summed E-state index contributed by atoms with van der Waals surface area (Å²) in [7, 11) is -2.60. The van der Waals surface area contributed by atoms with E-state index in [1.165, 1.54) is 6.08 Å². The first-order valence-corrected chi connectivity index (χ1v) is 9.17. The van der Waals surface area contributed by atoms with Crippen molar-refractivity contribution in [2.75, 3.05) is 19.8 Å². The van der Waals surface area contributed by atoms with Gasteiger partial charge in [-0.1, -0.05) is 6.58 Å². The summed E-state index contributed by atoms with van der Waals surface area (Å²) in [6.45, 7) is 12.7. The molecule has 6 heteroatoms. The van der Waals surface area contributed by atoms with Crippen molar-refractivity contribution in [1.29, 1.82) is 0 Å². The highest BCUT2D eigenvalue weighted by Gasteiger charge is 2.40. The normalized spacial score (nSPS) is 11.7. The predicted octanol–water partition coefficient (Wildman–Crippen LogP) is 2.93. The molecule has 0 aliphatic carbocycles. The molecule has 0 heterocycles. The summed E-state index contributed by atoms with van der Waals surface area (Å²) in [5, 5.41) is 0. The number of ether oxygens (including phenoxy) is 1. The van der Waals surface area contributed by atoms with E-state index in [0.29, 0.717) is 19.8 Å². The van der Waals surface area contributed by atoms with Gasteiger partial charge < -0.3 is 18.0 Å². The second kappa shape index (κ2) is 11.0. The van der Waals surface area contributed by atoms with Gasteiger partial charge in [-0.15, -0.1) is 0 Å². The summed E-state index contributed by atoms with van der Waals surface area (Å²) < 4.78 is 22.5. The Labute approximate surface area is 123 Å². The second-order valence-electron chi connectivity index (χ2n) is 4.54. The van der Waals surface area contributed by atoms with Crippen molar-refractivity contribution in [3.05, 3.63) is 12.7 Å². The molecule has 0 bridgehead atoms. The van der Waals surface area contributed by atoms with Crippen molar-refractivity contribution in [3.63, 3.8) is 0 Å². The van der Waals surface area contributed by atoms with E-state index in [-0.39, 0.29) is 12.1 Å². The van der Waals surface area contributed by atoms with E-state index in [1.807, 2.05) is 27.7 Å².